The predicted molar refractivity (Wildman–Crippen MR) is 130 cm³/mol. The molecule has 0 bridgehead atoms. The number of nitrogens with one attached hydrogen (secondary N) is 1. The van der Waals surface area contributed by atoms with Crippen LogP contribution in [-0.2, 0) is 9.53 Å². The van der Waals surface area contributed by atoms with Gasteiger partial charge < -0.3 is 14.4 Å². The fourth-order valence-electron chi connectivity index (χ4n) is 3.45. The molecule has 0 aromatic heterocycles. The Kier molecular flexibility index (Phi) is 6.18. The Hall–Kier alpha value is -3.47. The minimum Gasteiger partial charge on any atom is -0.423 e. The number of esters is 1. The second-order valence-corrected chi connectivity index (χ2v) is 8.78. The first-order valence-electron chi connectivity index (χ1n) is 10.4. The molecule has 3 heterocycles. The summed E-state index contributed by atoms with van der Waals surface area (Å²) >= 11 is 7.32. The maximum absolute atomic E-state index is 12.6. The molecule has 0 unspecified atom stereocenters. The van der Waals surface area contributed by atoms with E-state index in [4.69, 9.17) is 26.5 Å². The summed E-state index contributed by atoms with van der Waals surface area (Å²) in [5.41, 5.74) is 1.04. The third kappa shape index (κ3) is 4.47. The highest BCUT2D eigenvalue weighted by atomic mass is 35.5. The highest BCUT2D eigenvalue weighted by molar-refractivity contribution is 8.26. The molecule has 0 radical (unpaired) electrons. The standard InChI is InChI=1S/C23H18ClN5O4S/c24-18-4-2-1-3-16(18)21(31)33-15-7-5-14(6-8-15)13-17-19(25)29-22(26-20(17)30)34-23(27-29)28-9-11-32-12-10-28/h1-8,13,25H,9-12H2/b17-13+,25-19?. The summed E-state index contributed by atoms with van der Waals surface area (Å²) in [6.45, 7) is 2.61. The van der Waals surface area contributed by atoms with Gasteiger partial charge >= 0.3 is 5.97 Å². The van der Waals surface area contributed by atoms with E-state index in [0.29, 0.717) is 53.0 Å². The Balaban J connectivity index is 1.31. The van der Waals surface area contributed by atoms with E-state index in [9.17, 15) is 9.59 Å². The molecule has 1 amide bonds. The summed E-state index contributed by atoms with van der Waals surface area (Å²) in [5.74, 6) is -0.784. The highest BCUT2D eigenvalue weighted by Crippen LogP contribution is 2.30. The van der Waals surface area contributed by atoms with Crippen molar-refractivity contribution in [3.8, 4) is 5.75 Å². The molecule has 34 heavy (non-hydrogen) atoms. The number of morpholine rings is 1. The minimum absolute atomic E-state index is 0.0417. The monoisotopic (exact) mass is 495 g/mol. The van der Waals surface area contributed by atoms with Crippen LogP contribution in [-0.4, -0.2) is 64.3 Å². The van der Waals surface area contributed by atoms with Gasteiger partial charge in [0.2, 0.25) is 5.17 Å². The van der Waals surface area contributed by atoms with Crippen molar-refractivity contribution in [1.29, 1.82) is 5.41 Å². The Morgan fingerprint density at radius 3 is 2.59 bits per heavy atom. The van der Waals surface area contributed by atoms with Gasteiger partial charge in [0.25, 0.3) is 5.91 Å². The molecule has 1 saturated heterocycles. The first-order chi connectivity index (χ1) is 16.5. The Morgan fingerprint density at radius 2 is 1.85 bits per heavy atom. The van der Waals surface area contributed by atoms with E-state index < -0.39 is 11.9 Å². The van der Waals surface area contributed by atoms with Crippen molar-refractivity contribution < 1.29 is 19.1 Å². The van der Waals surface area contributed by atoms with Crippen LogP contribution in [0.25, 0.3) is 6.08 Å². The topological polar surface area (TPSA) is 108 Å². The molecule has 3 aliphatic rings. The molecule has 2 aromatic carbocycles. The van der Waals surface area contributed by atoms with Gasteiger partial charge in [-0.1, -0.05) is 35.9 Å². The normalized spacial score (nSPS) is 19.1. The zero-order chi connectivity index (χ0) is 23.7. The van der Waals surface area contributed by atoms with Crippen LogP contribution in [0.15, 0.2) is 64.2 Å². The molecule has 2 aromatic rings. The van der Waals surface area contributed by atoms with Gasteiger partial charge in [-0.05, 0) is 47.7 Å². The number of hydrazone groups is 1. The molecule has 1 N–H and O–H groups in total. The second kappa shape index (κ2) is 9.41. The van der Waals surface area contributed by atoms with Crippen molar-refractivity contribution in [2.24, 2.45) is 10.1 Å². The number of thioether (sulfide) groups is 1. The lowest BCUT2D eigenvalue weighted by Gasteiger charge is -2.26. The zero-order valence-electron chi connectivity index (χ0n) is 17.7. The largest absolute Gasteiger partial charge is 0.423 e. The number of hydrogen-bond acceptors (Lipinski definition) is 8. The molecule has 0 aliphatic carbocycles. The van der Waals surface area contributed by atoms with Crippen LogP contribution >= 0.6 is 23.4 Å². The number of fused-ring (bicyclic) bond motifs is 1. The van der Waals surface area contributed by atoms with Gasteiger partial charge in [0.1, 0.15) is 5.75 Å². The summed E-state index contributed by atoms with van der Waals surface area (Å²) in [5, 5.41) is 15.8. The molecule has 3 aliphatic heterocycles. The van der Waals surface area contributed by atoms with E-state index in [1.165, 1.54) is 16.8 Å². The van der Waals surface area contributed by atoms with Gasteiger partial charge in [0, 0.05) is 13.1 Å². The van der Waals surface area contributed by atoms with Crippen LogP contribution in [0.1, 0.15) is 15.9 Å². The van der Waals surface area contributed by atoms with E-state index in [1.54, 1.807) is 54.6 Å². The smallest absolute Gasteiger partial charge is 0.345 e. The molecule has 172 valence electrons. The van der Waals surface area contributed by atoms with E-state index in [-0.39, 0.29) is 17.0 Å². The second-order valence-electron chi connectivity index (χ2n) is 7.44. The summed E-state index contributed by atoms with van der Waals surface area (Å²) in [4.78, 5) is 31.1. The summed E-state index contributed by atoms with van der Waals surface area (Å²) in [6, 6.07) is 13.2. The van der Waals surface area contributed by atoms with E-state index in [2.05, 4.69) is 15.0 Å². The average molecular weight is 496 g/mol. The van der Waals surface area contributed by atoms with Crippen LogP contribution in [0.3, 0.4) is 0 Å². The van der Waals surface area contributed by atoms with Gasteiger partial charge in [0.05, 0.1) is 29.4 Å². The molecular formula is C23H18ClN5O4S. The van der Waals surface area contributed by atoms with E-state index in [0.717, 1.165) is 0 Å². The number of carbonyl (C=O) groups excluding carboxylic acids is 2. The van der Waals surface area contributed by atoms with Crippen molar-refractivity contribution in [2.45, 2.75) is 0 Å². The number of carbonyl (C=O) groups is 2. The molecule has 1 fully saturated rings. The van der Waals surface area contributed by atoms with Crippen molar-refractivity contribution in [3.05, 3.63) is 70.3 Å². The van der Waals surface area contributed by atoms with Crippen LogP contribution in [0, 0.1) is 5.41 Å². The zero-order valence-corrected chi connectivity index (χ0v) is 19.3. The number of halogens is 1. The number of benzene rings is 2. The maximum Gasteiger partial charge on any atom is 0.345 e. The SMILES string of the molecule is N=C1/C(=C\c2ccc(OC(=O)c3ccccc3Cl)cc2)C(=O)N=C2SC(N3CCOCC3)=NN12. The molecular weight excluding hydrogens is 478 g/mol. The van der Waals surface area contributed by atoms with Crippen molar-refractivity contribution >= 4 is 57.5 Å². The molecule has 5 rings (SSSR count). The van der Waals surface area contributed by atoms with Crippen LogP contribution in [0.5, 0.6) is 5.75 Å². The Morgan fingerprint density at radius 1 is 1.12 bits per heavy atom. The summed E-state index contributed by atoms with van der Waals surface area (Å²) in [6.07, 6.45) is 1.57. The fraction of sp³-hybridized carbons (Fsp3) is 0.174. The summed E-state index contributed by atoms with van der Waals surface area (Å²) < 4.78 is 10.7. The quantitative estimate of drug-likeness (QED) is 0.394. The number of amidine groups is 3. The van der Waals surface area contributed by atoms with Crippen LogP contribution < -0.4 is 4.74 Å². The van der Waals surface area contributed by atoms with Crippen molar-refractivity contribution in [2.75, 3.05) is 26.3 Å². The van der Waals surface area contributed by atoms with Crippen molar-refractivity contribution in [1.82, 2.24) is 9.91 Å². The number of ether oxygens (including phenoxy) is 2. The van der Waals surface area contributed by atoms with Gasteiger partial charge in [0.15, 0.2) is 11.0 Å². The number of rotatable bonds is 3. The van der Waals surface area contributed by atoms with Gasteiger partial charge in [-0.3, -0.25) is 10.2 Å². The lowest BCUT2D eigenvalue weighted by atomic mass is 10.1. The predicted octanol–water partition coefficient (Wildman–Crippen LogP) is 3.47. The van der Waals surface area contributed by atoms with Gasteiger partial charge in [-0.25, -0.2) is 4.79 Å². The third-order valence-corrected chi connectivity index (χ3v) is 6.52. The molecule has 0 saturated carbocycles. The maximum atomic E-state index is 12.6. The highest BCUT2D eigenvalue weighted by Gasteiger charge is 2.37. The fourth-order valence-corrected chi connectivity index (χ4v) is 4.61. The van der Waals surface area contributed by atoms with Gasteiger partial charge in [-0.2, -0.15) is 10.0 Å². The van der Waals surface area contributed by atoms with Gasteiger partial charge in [-0.15, -0.1) is 5.10 Å². The molecule has 11 heteroatoms. The van der Waals surface area contributed by atoms with Crippen LogP contribution in [0.2, 0.25) is 5.02 Å². The lowest BCUT2D eigenvalue weighted by Crippen LogP contribution is -2.39. The first-order valence-corrected chi connectivity index (χ1v) is 11.6. The van der Waals surface area contributed by atoms with E-state index in [1.807, 2.05) is 0 Å². The summed E-state index contributed by atoms with van der Waals surface area (Å²) in [7, 11) is 0. The van der Waals surface area contributed by atoms with E-state index >= 15 is 0 Å². The lowest BCUT2D eigenvalue weighted by molar-refractivity contribution is -0.114. The Bertz CT molecular complexity index is 1270. The molecule has 0 spiro atoms. The van der Waals surface area contributed by atoms with Crippen LogP contribution in [0.4, 0.5) is 0 Å². The number of aliphatic imine (C=N–C) groups is 1. The molecule has 9 nitrogen and oxygen atoms in total. The number of hydrogen-bond donors (Lipinski definition) is 1. The molecule has 0 atom stereocenters. The number of nitrogens with zero attached hydrogens (tertiary/aromatic N) is 4. The van der Waals surface area contributed by atoms with Crippen molar-refractivity contribution in [3.63, 3.8) is 0 Å². The first kappa shape index (κ1) is 22.3. The minimum atomic E-state index is -0.566. The number of amides is 1. The third-order valence-electron chi connectivity index (χ3n) is 5.22. The Labute approximate surface area is 204 Å². The average Bonchev–Trinajstić information content (AvgIpc) is 3.28.